The van der Waals surface area contributed by atoms with Gasteiger partial charge in [0.05, 0.1) is 17.6 Å². The van der Waals surface area contributed by atoms with Crippen LogP contribution in [0, 0.1) is 5.92 Å². The topological polar surface area (TPSA) is 88.3 Å². The van der Waals surface area contributed by atoms with E-state index in [9.17, 15) is 14.0 Å². The number of carbonyl (C=O) groups excluding carboxylic acids is 2. The van der Waals surface area contributed by atoms with E-state index in [1.54, 1.807) is 13.1 Å². The fourth-order valence-corrected chi connectivity index (χ4v) is 5.99. The summed E-state index contributed by atoms with van der Waals surface area (Å²) in [6.07, 6.45) is 5.78. The lowest BCUT2D eigenvalue weighted by Gasteiger charge is -2.41. The second kappa shape index (κ2) is 11.3. The number of amides is 2. The van der Waals surface area contributed by atoms with Crippen molar-refractivity contribution in [1.29, 1.82) is 0 Å². The fourth-order valence-electron chi connectivity index (χ4n) is 5.99. The predicted octanol–water partition coefficient (Wildman–Crippen LogP) is 6.07. The van der Waals surface area contributed by atoms with Crippen molar-refractivity contribution < 1.29 is 14.0 Å². The molecular formula is C32H37FN4O2. The highest BCUT2D eigenvalue weighted by Crippen LogP contribution is 2.42. The molecule has 204 valence electrons. The summed E-state index contributed by atoms with van der Waals surface area (Å²) in [5.41, 5.74) is 11.0. The Balaban J connectivity index is 1.30. The van der Waals surface area contributed by atoms with Crippen LogP contribution in [0.25, 0.3) is 22.4 Å². The zero-order valence-corrected chi connectivity index (χ0v) is 22.7. The first-order valence-electron chi connectivity index (χ1n) is 13.8. The molecule has 0 atom stereocenters. The molecule has 2 fully saturated rings. The van der Waals surface area contributed by atoms with E-state index >= 15 is 0 Å². The van der Waals surface area contributed by atoms with Crippen LogP contribution in [0.2, 0.25) is 0 Å². The van der Waals surface area contributed by atoms with E-state index in [0.29, 0.717) is 30.9 Å². The van der Waals surface area contributed by atoms with Crippen LogP contribution in [-0.4, -0.2) is 41.0 Å². The summed E-state index contributed by atoms with van der Waals surface area (Å²) in [4.78, 5) is 31.2. The van der Waals surface area contributed by atoms with Gasteiger partial charge < -0.3 is 16.0 Å². The molecule has 0 bridgehead atoms. The van der Waals surface area contributed by atoms with Gasteiger partial charge in [-0.25, -0.2) is 4.39 Å². The van der Waals surface area contributed by atoms with Gasteiger partial charge in [0, 0.05) is 55.9 Å². The van der Waals surface area contributed by atoms with Crippen LogP contribution in [0.4, 0.5) is 10.1 Å². The Kier molecular flexibility index (Phi) is 7.80. The minimum atomic E-state index is -0.827. The van der Waals surface area contributed by atoms with Crippen molar-refractivity contribution in [2.24, 2.45) is 11.7 Å². The highest BCUT2D eigenvalue weighted by atomic mass is 19.1. The molecule has 2 aromatic carbocycles. The summed E-state index contributed by atoms with van der Waals surface area (Å²) in [7, 11) is 1.86. The third-order valence-electron chi connectivity index (χ3n) is 8.50. The summed E-state index contributed by atoms with van der Waals surface area (Å²) in [6.45, 7) is 1.60. The van der Waals surface area contributed by atoms with E-state index < -0.39 is 11.7 Å². The SMILES string of the molecule is CC(=O)N(C)[C@H]1CC[C@H](CC(=O)Nc2cnc(-c3ccc(C4(N)CC(F)C4)cc3)c(-c3ccccc3)c2)CC1. The number of nitrogens with one attached hydrogen (secondary N) is 1. The lowest BCUT2D eigenvalue weighted by molar-refractivity contribution is -0.130. The van der Waals surface area contributed by atoms with Gasteiger partial charge in [-0.3, -0.25) is 14.6 Å². The molecule has 7 heteroatoms. The highest BCUT2D eigenvalue weighted by Gasteiger charge is 2.42. The molecule has 1 aromatic heterocycles. The number of aromatic nitrogens is 1. The number of hydrogen-bond acceptors (Lipinski definition) is 4. The molecular weight excluding hydrogens is 491 g/mol. The van der Waals surface area contributed by atoms with Crippen LogP contribution >= 0.6 is 0 Å². The Morgan fingerprint density at radius 2 is 1.69 bits per heavy atom. The molecule has 3 aromatic rings. The monoisotopic (exact) mass is 528 g/mol. The molecule has 0 spiro atoms. The molecule has 2 saturated carbocycles. The van der Waals surface area contributed by atoms with Crippen LogP contribution in [-0.2, 0) is 15.1 Å². The summed E-state index contributed by atoms with van der Waals surface area (Å²) in [5.74, 6) is 0.389. The minimum Gasteiger partial charge on any atom is -0.343 e. The number of hydrogen-bond donors (Lipinski definition) is 2. The molecule has 5 rings (SSSR count). The molecule has 3 N–H and O–H groups in total. The van der Waals surface area contributed by atoms with E-state index in [2.05, 4.69) is 5.32 Å². The quantitative estimate of drug-likeness (QED) is 0.390. The Morgan fingerprint density at radius 3 is 2.31 bits per heavy atom. The summed E-state index contributed by atoms with van der Waals surface area (Å²) in [5, 5.41) is 3.06. The number of carbonyl (C=O) groups is 2. The number of pyridine rings is 1. The maximum absolute atomic E-state index is 13.5. The third kappa shape index (κ3) is 6.04. The van der Waals surface area contributed by atoms with Gasteiger partial charge in [0.15, 0.2) is 0 Å². The molecule has 2 aliphatic rings. The van der Waals surface area contributed by atoms with E-state index in [1.165, 1.54) is 0 Å². The molecule has 0 aliphatic heterocycles. The predicted molar refractivity (Wildman–Crippen MR) is 153 cm³/mol. The normalized spacial score (nSPS) is 24.5. The van der Waals surface area contributed by atoms with Gasteiger partial charge in [-0.1, -0.05) is 54.6 Å². The van der Waals surface area contributed by atoms with Gasteiger partial charge >= 0.3 is 0 Å². The van der Waals surface area contributed by atoms with Crippen LogP contribution < -0.4 is 11.1 Å². The molecule has 1 heterocycles. The number of halogens is 1. The third-order valence-corrected chi connectivity index (χ3v) is 8.50. The summed E-state index contributed by atoms with van der Waals surface area (Å²) >= 11 is 0. The first-order valence-corrected chi connectivity index (χ1v) is 13.8. The lowest BCUT2D eigenvalue weighted by Crippen LogP contribution is -2.50. The number of rotatable bonds is 7. The van der Waals surface area contributed by atoms with Gasteiger partial charge in [-0.15, -0.1) is 0 Å². The second-order valence-corrected chi connectivity index (χ2v) is 11.3. The molecule has 2 aliphatic carbocycles. The maximum atomic E-state index is 13.5. The van der Waals surface area contributed by atoms with Crippen molar-refractivity contribution in [2.45, 2.75) is 69.6 Å². The first kappa shape index (κ1) is 27.0. The van der Waals surface area contributed by atoms with Crippen molar-refractivity contribution in [3.63, 3.8) is 0 Å². The van der Waals surface area contributed by atoms with Crippen LogP contribution in [0.15, 0.2) is 66.9 Å². The molecule has 0 unspecified atom stereocenters. The van der Waals surface area contributed by atoms with Crippen molar-refractivity contribution in [2.75, 3.05) is 12.4 Å². The average molecular weight is 529 g/mol. The van der Waals surface area contributed by atoms with Gasteiger partial charge in [0.25, 0.3) is 0 Å². The van der Waals surface area contributed by atoms with Gasteiger partial charge in [0.2, 0.25) is 11.8 Å². The van der Waals surface area contributed by atoms with Crippen molar-refractivity contribution >= 4 is 17.5 Å². The Morgan fingerprint density at radius 1 is 1.03 bits per heavy atom. The number of anilines is 1. The average Bonchev–Trinajstić information content (AvgIpc) is 2.93. The van der Waals surface area contributed by atoms with Crippen molar-refractivity contribution in [3.8, 4) is 22.4 Å². The smallest absolute Gasteiger partial charge is 0.224 e. The fraction of sp³-hybridized carbons (Fsp3) is 0.406. The van der Waals surface area contributed by atoms with Crippen molar-refractivity contribution in [1.82, 2.24) is 9.88 Å². The second-order valence-electron chi connectivity index (χ2n) is 11.3. The highest BCUT2D eigenvalue weighted by molar-refractivity contribution is 5.93. The lowest BCUT2D eigenvalue weighted by atomic mass is 9.71. The van der Waals surface area contributed by atoms with Gasteiger partial charge in [-0.05, 0) is 48.8 Å². The zero-order valence-electron chi connectivity index (χ0n) is 22.7. The standard InChI is InChI=1S/C32H37FN4O2/c1-21(38)37(2)28-14-8-22(9-15-28)16-30(39)36-27-17-29(23-6-4-3-5-7-23)31(35-20-27)24-10-12-25(13-11-24)32(34)18-26(33)19-32/h3-7,10-13,17,20,22,26,28H,8-9,14-16,18-19,34H2,1-2H3,(H,36,39)/t22-,26?,28-,32?. The molecule has 6 nitrogen and oxygen atoms in total. The number of nitrogens with two attached hydrogens (primary N) is 1. The Hall–Kier alpha value is -3.58. The Labute approximate surface area is 229 Å². The number of alkyl halides is 1. The maximum Gasteiger partial charge on any atom is 0.224 e. The van der Waals surface area contributed by atoms with Crippen molar-refractivity contribution in [3.05, 3.63) is 72.4 Å². The largest absolute Gasteiger partial charge is 0.343 e. The van der Waals surface area contributed by atoms with E-state index in [-0.39, 0.29) is 17.9 Å². The molecule has 39 heavy (non-hydrogen) atoms. The van der Waals surface area contributed by atoms with Crippen LogP contribution in [0.1, 0.15) is 57.4 Å². The van der Waals surface area contributed by atoms with Crippen LogP contribution in [0.3, 0.4) is 0 Å². The van der Waals surface area contributed by atoms with E-state index in [4.69, 9.17) is 10.7 Å². The zero-order chi connectivity index (χ0) is 27.6. The van der Waals surface area contributed by atoms with E-state index in [0.717, 1.165) is 53.6 Å². The molecule has 2 amide bonds. The first-order chi connectivity index (χ1) is 18.7. The van der Waals surface area contributed by atoms with Crippen LogP contribution in [0.5, 0.6) is 0 Å². The summed E-state index contributed by atoms with van der Waals surface area (Å²) in [6, 6.07) is 20.2. The van der Waals surface area contributed by atoms with E-state index in [1.807, 2.05) is 72.6 Å². The Bertz CT molecular complexity index is 1310. The minimum absolute atomic E-state index is 0.0174. The van der Waals surface area contributed by atoms with Gasteiger partial charge in [-0.2, -0.15) is 0 Å². The summed E-state index contributed by atoms with van der Waals surface area (Å²) < 4.78 is 13.5. The number of nitrogens with zero attached hydrogens (tertiary/aromatic N) is 2. The van der Waals surface area contributed by atoms with Gasteiger partial charge in [0.1, 0.15) is 6.17 Å². The molecule has 0 radical (unpaired) electrons. The molecule has 0 saturated heterocycles. The number of benzene rings is 2.